The van der Waals surface area contributed by atoms with E-state index in [-0.39, 0.29) is 37.5 Å². The summed E-state index contributed by atoms with van der Waals surface area (Å²) >= 11 is 0. The van der Waals surface area contributed by atoms with Gasteiger partial charge in [-0.15, -0.1) is 0 Å². The third-order valence-corrected chi connectivity index (χ3v) is 13.5. The van der Waals surface area contributed by atoms with Gasteiger partial charge >= 0.3 is 17.9 Å². The smallest absolute Gasteiger partial charge is 0.306 e. The van der Waals surface area contributed by atoms with Crippen molar-refractivity contribution in [3.8, 4) is 0 Å². The van der Waals surface area contributed by atoms with Gasteiger partial charge in [0.05, 0.1) is 0 Å². The van der Waals surface area contributed by atoms with Gasteiger partial charge in [0.15, 0.2) is 6.10 Å². The number of carbonyl (C=O) groups excluding carboxylic acids is 3. The molecule has 0 rings (SSSR count). The summed E-state index contributed by atoms with van der Waals surface area (Å²) in [5.41, 5.74) is 0. The van der Waals surface area contributed by atoms with Crippen LogP contribution in [0.1, 0.15) is 290 Å². The highest BCUT2D eigenvalue weighted by Gasteiger charge is 2.19. The van der Waals surface area contributed by atoms with Crippen molar-refractivity contribution in [3.05, 3.63) is 122 Å². The molecule has 1 atom stereocenters. The summed E-state index contributed by atoms with van der Waals surface area (Å²) in [6, 6.07) is 0. The largest absolute Gasteiger partial charge is 0.462 e. The highest BCUT2D eigenvalue weighted by molar-refractivity contribution is 5.71. The summed E-state index contributed by atoms with van der Waals surface area (Å²) in [7, 11) is 0. The summed E-state index contributed by atoms with van der Waals surface area (Å²) in [6.07, 6.45) is 89.1. The van der Waals surface area contributed by atoms with Crippen LogP contribution in [0.2, 0.25) is 0 Å². The first kappa shape index (κ1) is 72.8. The second-order valence-electron chi connectivity index (χ2n) is 20.9. The predicted octanol–water partition coefficient (Wildman–Crippen LogP) is 22.0. The Morgan fingerprint density at radius 3 is 0.805 bits per heavy atom. The van der Waals surface area contributed by atoms with Crippen molar-refractivity contribution in [1.29, 1.82) is 0 Å². The van der Waals surface area contributed by atoms with Gasteiger partial charge < -0.3 is 14.2 Å². The second kappa shape index (κ2) is 64.3. The molecule has 6 heteroatoms. The van der Waals surface area contributed by atoms with E-state index >= 15 is 0 Å². The SMILES string of the molecule is CC/C=C\C/C=C\C/C=C\C/C=C\C/C=C\CCCCCCCC(=O)OCC(COC(=O)CCCCCCCCCCCCCCCCCCCCC)OC(=O)CCCCC/C=C\C/C=C\C/C=C\C/C=C\C/C=C\CC. The Hall–Kier alpha value is -4.19. The second-order valence-corrected chi connectivity index (χ2v) is 20.9. The predicted molar refractivity (Wildman–Crippen MR) is 334 cm³/mol. The molecule has 0 saturated carbocycles. The molecule has 0 aromatic rings. The fourth-order valence-electron chi connectivity index (χ4n) is 8.73. The van der Waals surface area contributed by atoms with Gasteiger partial charge in [0.25, 0.3) is 0 Å². The van der Waals surface area contributed by atoms with Crippen LogP contribution in [0, 0.1) is 0 Å². The van der Waals surface area contributed by atoms with Crippen molar-refractivity contribution in [2.24, 2.45) is 0 Å². The summed E-state index contributed by atoms with van der Waals surface area (Å²) < 4.78 is 16.9. The molecule has 0 aromatic carbocycles. The van der Waals surface area contributed by atoms with Gasteiger partial charge in [0, 0.05) is 19.3 Å². The zero-order chi connectivity index (χ0) is 55.7. The highest BCUT2D eigenvalue weighted by atomic mass is 16.6. The van der Waals surface area contributed by atoms with Crippen LogP contribution in [-0.4, -0.2) is 37.2 Å². The lowest BCUT2D eigenvalue weighted by atomic mass is 10.0. The van der Waals surface area contributed by atoms with E-state index in [2.05, 4.69) is 142 Å². The van der Waals surface area contributed by atoms with Gasteiger partial charge in [0.1, 0.15) is 13.2 Å². The fourth-order valence-corrected chi connectivity index (χ4v) is 8.73. The van der Waals surface area contributed by atoms with E-state index in [1.54, 1.807) is 0 Å². The van der Waals surface area contributed by atoms with Gasteiger partial charge in [-0.2, -0.15) is 0 Å². The molecule has 1 unspecified atom stereocenters. The van der Waals surface area contributed by atoms with E-state index in [9.17, 15) is 14.4 Å². The first-order valence-electron chi connectivity index (χ1n) is 32.0. The third-order valence-electron chi connectivity index (χ3n) is 13.5. The Labute approximate surface area is 475 Å². The molecule has 0 aliphatic carbocycles. The van der Waals surface area contributed by atoms with Crippen molar-refractivity contribution < 1.29 is 28.6 Å². The number of carbonyl (C=O) groups is 3. The third kappa shape index (κ3) is 62.5. The van der Waals surface area contributed by atoms with Crippen molar-refractivity contribution in [2.45, 2.75) is 297 Å². The monoisotopic (exact) mass is 1070 g/mol. The van der Waals surface area contributed by atoms with Gasteiger partial charge in [-0.05, 0) is 109 Å². The summed E-state index contributed by atoms with van der Waals surface area (Å²) in [5.74, 6) is -0.943. The Morgan fingerprint density at radius 1 is 0.273 bits per heavy atom. The number of allylic oxidation sites excluding steroid dienone is 20. The average molecular weight is 1070 g/mol. The molecule has 0 saturated heterocycles. The Morgan fingerprint density at radius 2 is 0.506 bits per heavy atom. The molecule has 77 heavy (non-hydrogen) atoms. The molecule has 0 aliphatic rings. The molecule has 0 spiro atoms. The lowest BCUT2D eigenvalue weighted by Gasteiger charge is -2.18. The number of hydrogen-bond donors (Lipinski definition) is 0. The quantitative estimate of drug-likeness (QED) is 0.0261. The molecule has 438 valence electrons. The zero-order valence-corrected chi connectivity index (χ0v) is 50.2. The van der Waals surface area contributed by atoms with Crippen molar-refractivity contribution in [1.82, 2.24) is 0 Å². The van der Waals surface area contributed by atoms with E-state index < -0.39 is 6.10 Å². The molecule has 0 bridgehead atoms. The number of esters is 3. The molecule has 0 amide bonds. The number of hydrogen-bond acceptors (Lipinski definition) is 6. The Kier molecular flexibility index (Phi) is 60.8. The van der Waals surface area contributed by atoms with Gasteiger partial charge in [-0.1, -0.05) is 284 Å². The minimum atomic E-state index is -0.808. The highest BCUT2D eigenvalue weighted by Crippen LogP contribution is 2.16. The van der Waals surface area contributed by atoms with Crippen LogP contribution in [0.4, 0.5) is 0 Å². The molecule has 0 aliphatic heterocycles. The molecule has 6 nitrogen and oxygen atoms in total. The minimum Gasteiger partial charge on any atom is -0.462 e. The Bertz CT molecular complexity index is 1600. The minimum absolute atomic E-state index is 0.0983. The van der Waals surface area contributed by atoms with E-state index in [1.165, 1.54) is 103 Å². The van der Waals surface area contributed by atoms with Gasteiger partial charge in [-0.25, -0.2) is 0 Å². The maximum Gasteiger partial charge on any atom is 0.306 e. The molecule has 0 heterocycles. The van der Waals surface area contributed by atoms with Crippen molar-refractivity contribution in [2.75, 3.05) is 13.2 Å². The summed E-state index contributed by atoms with van der Waals surface area (Å²) in [6.45, 7) is 6.39. The van der Waals surface area contributed by atoms with Gasteiger partial charge in [-0.3, -0.25) is 14.4 Å². The van der Waals surface area contributed by atoms with Crippen LogP contribution in [0.5, 0.6) is 0 Å². The van der Waals surface area contributed by atoms with E-state index in [0.29, 0.717) is 12.8 Å². The molecule has 0 aromatic heterocycles. The van der Waals surface area contributed by atoms with Crippen molar-refractivity contribution >= 4 is 17.9 Å². The van der Waals surface area contributed by atoms with E-state index in [0.717, 1.165) is 148 Å². The number of rotatable bonds is 57. The lowest BCUT2D eigenvalue weighted by molar-refractivity contribution is -0.167. The summed E-state index contributed by atoms with van der Waals surface area (Å²) in [5, 5.41) is 0. The van der Waals surface area contributed by atoms with Crippen LogP contribution >= 0.6 is 0 Å². The van der Waals surface area contributed by atoms with E-state index in [1.807, 2.05) is 0 Å². The first-order valence-corrected chi connectivity index (χ1v) is 32.0. The van der Waals surface area contributed by atoms with E-state index in [4.69, 9.17) is 14.2 Å². The van der Waals surface area contributed by atoms with Crippen LogP contribution in [0.25, 0.3) is 0 Å². The standard InChI is InChI=1S/C71H118O6/c1-4-7-10-13-16-19-22-25-28-31-34-35-38-40-43-46-49-52-55-58-61-64-70(73)76-67-68(77-71(74)65-62-59-56-53-50-47-44-41-37-33-30-27-24-21-18-15-12-9-6-3)66-75-69(72)63-60-57-54-51-48-45-42-39-36-32-29-26-23-20-17-14-11-8-5-2/h7,9-10,12,16,18-19,21,25,27-28,30,34-35,37,40-41,43,47,50,68H,4-6,8,11,13-15,17,20,22-24,26,29,31-33,36,38-39,42,44-46,48-49,51-67H2,1-3H3/b10-7-,12-9-,19-16-,21-18-,28-25-,30-27-,35-34-,41-37-,43-40-,50-47-. The molecular weight excluding hydrogens is 949 g/mol. The fraction of sp³-hybridized carbons (Fsp3) is 0.676. The number of unbranched alkanes of at least 4 members (excludes halogenated alkanes) is 26. The van der Waals surface area contributed by atoms with Crippen LogP contribution in [-0.2, 0) is 28.6 Å². The Balaban J connectivity index is 4.48. The molecule has 0 fully saturated rings. The first-order chi connectivity index (χ1) is 38.0. The van der Waals surface area contributed by atoms with Crippen LogP contribution in [0.3, 0.4) is 0 Å². The molecule has 0 N–H and O–H groups in total. The zero-order valence-electron chi connectivity index (χ0n) is 50.2. The summed E-state index contributed by atoms with van der Waals surface area (Å²) in [4.78, 5) is 38.4. The maximum absolute atomic E-state index is 12.9. The van der Waals surface area contributed by atoms with Gasteiger partial charge in [0.2, 0.25) is 0 Å². The average Bonchev–Trinajstić information content (AvgIpc) is 3.43. The van der Waals surface area contributed by atoms with Crippen LogP contribution < -0.4 is 0 Å². The lowest BCUT2D eigenvalue weighted by Crippen LogP contribution is -2.30. The molecule has 0 radical (unpaired) electrons. The maximum atomic E-state index is 12.9. The topological polar surface area (TPSA) is 78.9 Å². The normalized spacial score (nSPS) is 12.9. The molecular formula is C71H118O6. The van der Waals surface area contributed by atoms with Crippen LogP contribution in [0.15, 0.2) is 122 Å². The van der Waals surface area contributed by atoms with Crippen molar-refractivity contribution in [3.63, 3.8) is 0 Å². The number of ether oxygens (including phenoxy) is 3.